The van der Waals surface area contributed by atoms with Crippen LogP contribution >= 0.6 is 11.6 Å². The number of carboxylic acids is 1. The Kier molecular flexibility index (Phi) is 6.81. The van der Waals surface area contributed by atoms with E-state index in [0.717, 1.165) is 22.3 Å². The second-order valence-corrected chi connectivity index (χ2v) is 8.08. The van der Waals surface area contributed by atoms with Gasteiger partial charge >= 0.3 is 12.1 Å². The Bertz CT molecular complexity index is 1220. The molecule has 3 aromatic rings. The number of hydrogen-bond acceptors (Lipinski definition) is 5. The molecule has 0 radical (unpaired) electrons. The van der Waals surface area contributed by atoms with Crippen LogP contribution in [-0.4, -0.2) is 35.8 Å². The molecule has 0 saturated heterocycles. The van der Waals surface area contributed by atoms with Crippen molar-refractivity contribution >= 4 is 35.3 Å². The molecule has 1 unspecified atom stereocenters. The highest BCUT2D eigenvalue weighted by molar-refractivity contribution is 6.34. The number of fused-ring (bicyclic) bond motifs is 3. The number of rotatable bonds is 7. The minimum absolute atomic E-state index is 0.0760. The summed E-state index contributed by atoms with van der Waals surface area (Å²) >= 11 is 6.21. The maximum Gasteiger partial charge on any atom is 0.411 e. The van der Waals surface area contributed by atoms with E-state index < -0.39 is 24.1 Å². The predicted octanol–water partition coefficient (Wildman–Crippen LogP) is 4.84. The monoisotopic (exact) mass is 480 g/mol. The van der Waals surface area contributed by atoms with Crippen molar-refractivity contribution < 1.29 is 29.1 Å². The van der Waals surface area contributed by atoms with Crippen LogP contribution in [0.4, 0.5) is 10.5 Å². The number of hydroxylamine groups is 1. The molecule has 3 N–H and O–H groups in total. The summed E-state index contributed by atoms with van der Waals surface area (Å²) in [5.41, 5.74) is 6.89. The average molecular weight is 481 g/mol. The van der Waals surface area contributed by atoms with Gasteiger partial charge in [-0.25, -0.2) is 15.1 Å². The number of aliphatic carboxylic acids is 1. The van der Waals surface area contributed by atoms with Gasteiger partial charge in [-0.2, -0.15) is 0 Å². The molecule has 9 heteroatoms. The van der Waals surface area contributed by atoms with Crippen molar-refractivity contribution in [3.05, 3.63) is 88.4 Å². The van der Waals surface area contributed by atoms with E-state index >= 15 is 0 Å². The molecule has 2 amide bonds. The Morgan fingerprint density at radius 1 is 1.00 bits per heavy atom. The van der Waals surface area contributed by atoms with Crippen LogP contribution in [0.1, 0.15) is 34.3 Å². The van der Waals surface area contributed by atoms with Crippen LogP contribution in [0, 0.1) is 0 Å². The molecule has 0 aliphatic heterocycles. The van der Waals surface area contributed by atoms with E-state index in [9.17, 15) is 14.4 Å². The van der Waals surface area contributed by atoms with E-state index in [4.69, 9.17) is 26.3 Å². The summed E-state index contributed by atoms with van der Waals surface area (Å²) in [5.74, 6) is -1.98. The summed E-state index contributed by atoms with van der Waals surface area (Å²) in [6.07, 6.45) is -1.89. The fourth-order valence-corrected chi connectivity index (χ4v) is 3.98. The SMILES string of the molecule is CC(ONC(=O)c1ccc(NC(=O)OCC2c3ccccc3-c3ccccc32)c(Cl)c1)C(=O)O. The lowest BCUT2D eigenvalue weighted by Crippen LogP contribution is -2.32. The van der Waals surface area contributed by atoms with E-state index in [1.165, 1.54) is 25.1 Å². The zero-order valence-electron chi connectivity index (χ0n) is 18.1. The van der Waals surface area contributed by atoms with Crippen molar-refractivity contribution in [2.75, 3.05) is 11.9 Å². The lowest BCUT2D eigenvalue weighted by molar-refractivity contribution is -0.152. The zero-order valence-corrected chi connectivity index (χ0v) is 18.8. The second kappa shape index (κ2) is 9.94. The van der Waals surface area contributed by atoms with Crippen LogP contribution in [0.5, 0.6) is 0 Å². The summed E-state index contributed by atoms with van der Waals surface area (Å²) in [6.45, 7) is 1.42. The van der Waals surface area contributed by atoms with Gasteiger partial charge in [0.25, 0.3) is 5.91 Å². The van der Waals surface area contributed by atoms with Gasteiger partial charge in [0.2, 0.25) is 0 Å². The molecule has 4 rings (SSSR count). The maximum absolute atomic E-state index is 12.5. The highest BCUT2D eigenvalue weighted by Crippen LogP contribution is 2.44. The molecule has 1 aliphatic carbocycles. The van der Waals surface area contributed by atoms with E-state index in [1.807, 2.05) is 41.9 Å². The summed E-state index contributed by atoms with van der Waals surface area (Å²) in [4.78, 5) is 40.1. The molecule has 34 heavy (non-hydrogen) atoms. The van der Waals surface area contributed by atoms with Crippen molar-refractivity contribution in [2.24, 2.45) is 0 Å². The van der Waals surface area contributed by atoms with Crippen molar-refractivity contribution in [1.29, 1.82) is 0 Å². The number of halogens is 1. The number of benzene rings is 3. The summed E-state index contributed by atoms with van der Waals surface area (Å²) in [7, 11) is 0. The first-order chi connectivity index (χ1) is 16.3. The summed E-state index contributed by atoms with van der Waals surface area (Å²) < 4.78 is 5.50. The first-order valence-corrected chi connectivity index (χ1v) is 10.8. The molecule has 1 aliphatic rings. The summed E-state index contributed by atoms with van der Waals surface area (Å²) in [5, 5.41) is 11.5. The number of ether oxygens (including phenoxy) is 1. The van der Waals surface area contributed by atoms with E-state index in [0.29, 0.717) is 0 Å². The number of carbonyl (C=O) groups excluding carboxylic acids is 2. The fourth-order valence-electron chi connectivity index (χ4n) is 3.75. The maximum atomic E-state index is 12.5. The number of amides is 2. The van der Waals surface area contributed by atoms with Gasteiger partial charge in [-0.15, -0.1) is 0 Å². The number of anilines is 1. The van der Waals surface area contributed by atoms with Gasteiger partial charge in [0.1, 0.15) is 6.61 Å². The van der Waals surface area contributed by atoms with Crippen LogP contribution < -0.4 is 10.8 Å². The van der Waals surface area contributed by atoms with Crippen LogP contribution in [0.15, 0.2) is 66.7 Å². The molecule has 8 nitrogen and oxygen atoms in total. The molecule has 0 bridgehead atoms. The lowest BCUT2D eigenvalue weighted by Gasteiger charge is -2.15. The van der Waals surface area contributed by atoms with Crippen LogP contribution in [0.3, 0.4) is 0 Å². The minimum Gasteiger partial charge on any atom is -0.479 e. The fraction of sp³-hybridized carbons (Fsp3) is 0.160. The van der Waals surface area contributed by atoms with Gasteiger partial charge in [0, 0.05) is 11.5 Å². The van der Waals surface area contributed by atoms with E-state index in [-0.39, 0.29) is 28.8 Å². The third-order valence-corrected chi connectivity index (χ3v) is 5.80. The highest BCUT2D eigenvalue weighted by Gasteiger charge is 2.29. The Hall–Kier alpha value is -3.88. The molecule has 0 fully saturated rings. The molecule has 0 spiro atoms. The van der Waals surface area contributed by atoms with Crippen molar-refractivity contribution in [3.63, 3.8) is 0 Å². The average Bonchev–Trinajstić information content (AvgIpc) is 3.16. The molecule has 1 atom stereocenters. The minimum atomic E-state index is -1.22. The molecular weight excluding hydrogens is 460 g/mol. The molecular formula is C25H21ClN2O6. The standard InChI is InChI=1S/C25H21ClN2O6/c1-14(24(30)31)34-28-23(29)15-10-11-22(21(26)12-15)27-25(32)33-13-20-18-8-4-2-6-16(18)17-7-3-5-9-19(17)20/h2-12,14,20H,13H2,1H3,(H,27,32)(H,28,29)(H,30,31). The third-order valence-electron chi connectivity index (χ3n) is 5.49. The summed E-state index contributed by atoms with van der Waals surface area (Å²) in [6, 6.07) is 20.2. The Morgan fingerprint density at radius 2 is 1.62 bits per heavy atom. The van der Waals surface area contributed by atoms with Gasteiger partial charge in [0.15, 0.2) is 6.10 Å². The van der Waals surface area contributed by atoms with Crippen LogP contribution in [0.2, 0.25) is 5.02 Å². The second-order valence-electron chi connectivity index (χ2n) is 7.67. The smallest absolute Gasteiger partial charge is 0.411 e. The van der Waals surface area contributed by atoms with Crippen molar-refractivity contribution in [1.82, 2.24) is 5.48 Å². The van der Waals surface area contributed by atoms with Gasteiger partial charge in [-0.05, 0) is 47.4 Å². The number of nitrogens with one attached hydrogen (secondary N) is 2. The Labute approximate surface area is 200 Å². The number of hydrogen-bond donors (Lipinski definition) is 3. The molecule has 3 aromatic carbocycles. The molecule has 174 valence electrons. The Balaban J connectivity index is 1.37. The third kappa shape index (κ3) is 4.88. The van der Waals surface area contributed by atoms with E-state index in [2.05, 4.69) is 17.4 Å². The van der Waals surface area contributed by atoms with Gasteiger partial charge < -0.3 is 9.84 Å². The normalized spacial score (nSPS) is 12.9. The number of carbonyl (C=O) groups is 3. The van der Waals surface area contributed by atoms with Gasteiger partial charge in [0.05, 0.1) is 10.7 Å². The van der Waals surface area contributed by atoms with Gasteiger partial charge in [-0.1, -0.05) is 60.1 Å². The van der Waals surface area contributed by atoms with Crippen molar-refractivity contribution in [2.45, 2.75) is 18.9 Å². The molecule has 0 saturated carbocycles. The Morgan fingerprint density at radius 3 is 2.21 bits per heavy atom. The van der Waals surface area contributed by atoms with Crippen LogP contribution in [0.25, 0.3) is 11.1 Å². The van der Waals surface area contributed by atoms with E-state index in [1.54, 1.807) is 0 Å². The largest absolute Gasteiger partial charge is 0.479 e. The quantitative estimate of drug-likeness (QED) is 0.417. The van der Waals surface area contributed by atoms with Gasteiger partial charge in [-0.3, -0.25) is 14.9 Å². The number of carboxylic acid groups (broad SMARTS) is 1. The topological polar surface area (TPSA) is 114 Å². The highest BCUT2D eigenvalue weighted by atomic mass is 35.5. The first kappa shape index (κ1) is 23.3. The predicted molar refractivity (Wildman–Crippen MR) is 126 cm³/mol. The zero-order chi connectivity index (χ0) is 24.2. The lowest BCUT2D eigenvalue weighted by atomic mass is 9.98. The molecule has 0 aromatic heterocycles. The molecule has 0 heterocycles. The first-order valence-electron chi connectivity index (χ1n) is 10.5. The van der Waals surface area contributed by atoms with Crippen molar-refractivity contribution in [3.8, 4) is 11.1 Å². The van der Waals surface area contributed by atoms with Crippen LogP contribution in [-0.2, 0) is 14.4 Å².